The maximum Gasteiger partial charge on any atom is 0.294 e. The molecule has 9 heteroatoms. The molecular weight excluding hydrogens is 358 g/mol. The van der Waals surface area contributed by atoms with Crippen LogP contribution in [0.25, 0.3) is 0 Å². The number of benzene rings is 2. The number of nitrogens with two attached hydrogens (primary N) is 1. The van der Waals surface area contributed by atoms with Crippen LogP contribution in [0, 0.1) is 10.1 Å². The minimum Gasteiger partial charge on any atom is -0.490 e. The van der Waals surface area contributed by atoms with E-state index in [2.05, 4.69) is 5.32 Å². The zero-order valence-corrected chi connectivity index (χ0v) is 14.7. The van der Waals surface area contributed by atoms with Gasteiger partial charge in [-0.05, 0) is 49.9 Å². The second-order valence-electron chi connectivity index (χ2n) is 6.16. The molecule has 1 fully saturated rings. The number of sulfonamides is 1. The van der Waals surface area contributed by atoms with Crippen molar-refractivity contribution < 1.29 is 18.1 Å². The maximum absolute atomic E-state index is 11.4. The summed E-state index contributed by atoms with van der Waals surface area (Å²) in [6.07, 6.45) is 4.57. The fourth-order valence-electron chi connectivity index (χ4n) is 2.95. The van der Waals surface area contributed by atoms with Gasteiger partial charge in [0.2, 0.25) is 10.0 Å². The SMILES string of the molecule is NS(=O)(=O)c1ccc(Nc2cccc(OC3CCCC3)c2)c([N+](=O)[O-])c1. The van der Waals surface area contributed by atoms with Crippen molar-refractivity contribution in [2.45, 2.75) is 36.7 Å². The highest BCUT2D eigenvalue weighted by Gasteiger charge is 2.20. The Hall–Kier alpha value is -2.65. The Bertz CT molecular complexity index is 924. The van der Waals surface area contributed by atoms with E-state index in [-0.39, 0.29) is 22.4 Å². The molecule has 0 aliphatic heterocycles. The number of hydrogen-bond acceptors (Lipinski definition) is 6. The van der Waals surface area contributed by atoms with Crippen LogP contribution in [0.5, 0.6) is 5.75 Å². The van der Waals surface area contributed by atoms with E-state index in [9.17, 15) is 18.5 Å². The molecule has 26 heavy (non-hydrogen) atoms. The van der Waals surface area contributed by atoms with E-state index >= 15 is 0 Å². The van der Waals surface area contributed by atoms with Crippen molar-refractivity contribution in [2.75, 3.05) is 5.32 Å². The molecule has 0 saturated heterocycles. The van der Waals surface area contributed by atoms with Crippen LogP contribution in [0.1, 0.15) is 25.7 Å². The summed E-state index contributed by atoms with van der Waals surface area (Å²) in [5.74, 6) is 0.686. The minimum atomic E-state index is -4.02. The maximum atomic E-state index is 11.4. The van der Waals surface area contributed by atoms with Crippen LogP contribution in [0.4, 0.5) is 17.1 Å². The van der Waals surface area contributed by atoms with Gasteiger partial charge < -0.3 is 10.1 Å². The Kier molecular flexibility index (Phi) is 5.10. The Morgan fingerprint density at radius 3 is 2.54 bits per heavy atom. The van der Waals surface area contributed by atoms with Gasteiger partial charge in [0, 0.05) is 17.8 Å². The number of nitro benzene ring substituents is 1. The third-order valence-corrected chi connectivity index (χ3v) is 5.12. The molecule has 2 aromatic carbocycles. The van der Waals surface area contributed by atoms with E-state index in [0.29, 0.717) is 11.4 Å². The summed E-state index contributed by atoms with van der Waals surface area (Å²) in [6.45, 7) is 0. The number of nitro groups is 1. The number of anilines is 2. The van der Waals surface area contributed by atoms with Gasteiger partial charge in [-0.3, -0.25) is 10.1 Å². The molecule has 0 radical (unpaired) electrons. The van der Waals surface area contributed by atoms with Crippen LogP contribution in [-0.4, -0.2) is 19.4 Å². The van der Waals surface area contributed by atoms with Crippen molar-refractivity contribution in [3.8, 4) is 5.75 Å². The number of nitrogens with zero attached hydrogens (tertiary/aromatic N) is 1. The molecule has 0 unspecified atom stereocenters. The van der Waals surface area contributed by atoms with Gasteiger partial charge in [0.25, 0.3) is 5.69 Å². The first kappa shape index (κ1) is 18.2. The number of rotatable bonds is 6. The van der Waals surface area contributed by atoms with Gasteiger partial charge in [0.05, 0.1) is 15.9 Å². The van der Waals surface area contributed by atoms with Crippen LogP contribution < -0.4 is 15.2 Å². The monoisotopic (exact) mass is 377 g/mol. The molecule has 0 amide bonds. The Morgan fingerprint density at radius 2 is 1.88 bits per heavy atom. The second kappa shape index (κ2) is 7.30. The molecule has 1 saturated carbocycles. The summed E-state index contributed by atoms with van der Waals surface area (Å²) in [4.78, 5) is 10.3. The van der Waals surface area contributed by atoms with E-state index in [4.69, 9.17) is 9.88 Å². The molecule has 0 spiro atoms. The number of primary sulfonamides is 1. The van der Waals surface area contributed by atoms with Crippen LogP contribution >= 0.6 is 0 Å². The largest absolute Gasteiger partial charge is 0.490 e. The Morgan fingerprint density at radius 1 is 1.15 bits per heavy atom. The standard InChI is InChI=1S/C17H19N3O5S/c18-26(23,24)15-8-9-16(17(11-15)20(21)22)19-12-4-3-7-14(10-12)25-13-5-1-2-6-13/h3-4,7-11,13,19H,1-2,5-6H2,(H2,18,23,24). The average Bonchev–Trinajstić information content (AvgIpc) is 3.07. The van der Waals surface area contributed by atoms with Crippen LogP contribution in [0.3, 0.4) is 0 Å². The van der Waals surface area contributed by atoms with Crippen molar-refractivity contribution >= 4 is 27.1 Å². The molecule has 3 rings (SSSR count). The van der Waals surface area contributed by atoms with E-state index in [1.54, 1.807) is 18.2 Å². The van der Waals surface area contributed by atoms with Crippen molar-refractivity contribution in [2.24, 2.45) is 5.14 Å². The zero-order valence-electron chi connectivity index (χ0n) is 13.9. The van der Waals surface area contributed by atoms with Gasteiger partial charge in [-0.15, -0.1) is 0 Å². The predicted octanol–water partition coefficient (Wildman–Crippen LogP) is 3.31. The van der Waals surface area contributed by atoms with E-state index < -0.39 is 14.9 Å². The molecule has 2 aromatic rings. The van der Waals surface area contributed by atoms with Gasteiger partial charge in [-0.25, -0.2) is 13.6 Å². The number of hydrogen-bond donors (Lipinski definition) is 2. The number of ether oxygens (including phenoxy) is 1. The second-order valence-corrected chi connectivity index (χ2v) is 7.72. The third kappa shape index (κ3) is 4.30. The van der Waals surface area contributed by atoms with Gasteiger partial charge in [0.1, 0.15) is 11.4 Å². The first-order chi connectivity index (χ1) is 12.3. The molecule has 1 aliphatic rings. The van der Waals surface area contributed by atoms with Gasteiger partial charge >= 0.3 is 0 Å². The lowest BCUT2D eigenvalue weighted by Gasteiger charge is -2.14. The molecule has 8 nitrogen and oxygen atoms in total. The highest BCUT2D eigenvalue weighted by molar-refractivity contribution is 7.89. The highest BCUT2D eigenvalue weighted by atomic mass is 32.2. The average molecular weight is 377 g/mol. The van der Waals surface area contributed by atoms with E-state index in [1.165, 1.54) is 12.1 Å². The Balaban J connectivity index is 1.85. The van der Waals surface area contributed by atoms with Crippen LogP contribution in [0.2, 0.25) is 0 Å². The van der Waals surface area contributed by atoms with Crippen molar-refractivity contribution in [1.82, 2.24) is 0 Å². The van der Waals surface area contributed by atoms with Gasteiger partial charge in [-0.1, -0.05) is 6.07 Å². The molecule has 0 heterocycles. The van der Waals surface area contributed by atoms with E-state index in [0.717, 1.165) is 31.7 Å². The fourth-order valence-corrected chi connectivity index (χ4v) is 3.48. The summed E-state index contributed by atoms with van der Waals surface area (Å²) in [7, 11) is -4.02. The smallest absolute Gasteiger partial charge is 0.294 e. The van der Waals surface area contributed by atoms with Gasteiger partial charge in [-0.2, -0.15) is 0 Å². The Labute approximate surface area is 151 Å². The molecule has 0 atom stereocenters. The summed E-state index contributed by atoms with van der Waals surface area (Å²) in [5.41, 5.74) is 0.394. The van der Waals surface area contributed by atoms with Crippen molar-refractivity contribution in [3.05, 3.63) is 52.6 Å². The summed E-state index contributed by atoms with van der Waals surface area (Å²) >= 11 is 0. The van der Waals surface area contributed by atoms with Crippen molar-refractivity contribution in [1.29, 1.82) is 0 Å². The summed E-state index contributed by atoms with van der Waals surface area (Å²) in [6, 6.07) is 10.6. The third-order valence-electron chi connectivity index (χ3n) is 4.21. The fraction of sp³-hybridized carbons (Fsp3) is 0.294. The normalized spacial score (nSPS) is 15.0. The predicted molar refractivity (Wildman–Crippen MR) is 97.1 cm³/mol. The first-order valence-electron chi connectivity index (χ1n) is 8.18. The molecular formula is C17H19N3O5S. The number of nitrogens with one attached hydrogen (secondary N) is 1. The summed E-state index contributed by atoms with van der Waals surface area (Å²) in [5, 5.41) is 19.3. The first-order valence-corrected chi connectivity index (χ1v) is 9.72. The molecule has 3 N–H and O–H groups in total. The van der Waals surface area contributed by atoms with Crippen LogP contribution in [-0.2, 0) is 10.0 Å². The van der Waals surface area contributed by atoms with Crippen molar-refractivity contribution in [3.63, 3.8) is 0 Å². The lowest BCUT2D eigenvalue weighted by molar-refractivity contribution is -0.384. The summed E-state index contributed by atoms with van der Waals surface area (Å²) < 4.78 is 28.7. The minimum absolute atomic E-state index is 0.167. The lowest BCUT2D eigenvalue weighted by Crippen LogP contribution is -2.12. The molecule has 1 aliphatic carbocycles. The molecule has 138 valence electrons. The molecule has 0 aromatic heterocycles. The van der Waals surface area contributed by atoms with Crippen LogP contribution in [0.15, 0.2) is 47.4 Å². The van der Waals surface area contributed by atoms with Gasteiger partial charge in [0.15, 0.2) is 0 Å². The molecule has 0 bridgehead atoms. The lowest BCUT2D eigenvalue weighted by atomic mass is 10.2. The highest BCUT2D eigenvalue weighted by Crippen LogP contribution is 2.32. The quantitative estimate of drug-likeness (QED) is 0.588. The topological polar surface area (TPSA) is 125 Å². The zero-order chi connectivity index (χ0) is 18.7. The van der Waals surface area contributed by atoms with E-state index in [1.807, 2.05) is 6.07 Å².